The third-order valence-corrected chi connectivity index (χ3v) is 6.16. The first kappa shape index (κ1) is 33.7. The van der Waals surface area contributed by atoms with Crippen LogP contribution in [0.2, 0.25) is 0 Å². The van der Waals surface area contributed by atoms with E-state index < -0.39 is 35.2 Å². The fraction of sp³-hybridized carbons (Fsp3) is 0.643. The van der Waals surface area contributed by atoms with Gasteiger partial charge in [-0.15, -0.1) is 0 Å². The Morgan fingerprint density at radius 3 is 1.87 bits per heavy atom. The molecule has 0 fully saturated rings. The number of rotatable bonds is 16. The molecule has 11 heteroatoms. The van der Waals surface area contributed by atoms with Gasteiger partial charge in [-0.1, -0.05) is 39.7 Å². The number of ether oxygens (including phenoxy) is 6. The van der Waals surface area contributed by atoms with Gasteiger partial charge in [0.15, 0.2) is 11.5 Å². The van der Waals surface area contributed by atoms with Gasteiger partial charge in [0.2, 0.25) is 0 Å². The van der Waals surface area contributed by atoms with Crippen molar-refractivity contribution < 1.29 is 47.6 Å². The van der Waals surface area contributed by atoms with E-state index in [-0.39, 0.29) is 44.2 Å². The molecule has 0 aliphatic heterocycles. The largest absolute Gasteiger partial charge is 0.513 e. The summed E-state index contributed by atoms with van der Waals surface area (Å²) in [5, 5.41) is 0. The Bertz CT molecular complexity index is 962. The second-order valence-corrected chi connectivity index (χ2v) is 9.84. The summed E-state index contributed by atoms with van der Waals surface area (Å²) in [6.07, 6.45) is 1.52. The predicted octanol–water partition coefficient (Wildman–Crippen LogP) is 5.10. The molecule has 0 aliphatic rings. The van der Waals surface area contributed by atoms with Crippen LogP contribution in [-0.4, -0.2) is 56.7 Å². The minimum absolute atomic E-state index is 0.0253. The molecule has 0 radical (unpaired) electrons. The Hall–Kier alpha value is -3.34. The molecule has 0 heterocycles. The lowest BCUT2D eigenvalue weighted by atomic mass is 9.88. The van der Waals surface area contributed by atoms with Crippen molar-refractivity contribution in [3.05, 3.63) is 23.8 Å². The molecule has 11 nitrogen and oxygen atoms in total. The average molecular weight is 554 g/mol. The van der Waals surface area contributed by atoms with Gasteiger partial charge in [0.1, 0.15) is 5.54 Å². The van der Waals surface area contributed by atoms with Gasteiger partial charge >= 0.3 is 24.2 Å². The summed E-state index contributed by atoms with van der Waals surface area (Å²) in [5.41, 5.74) is 4.66. The number of hydrogen-bond acceptors (Lipinski definition) is 11. The molecular formula is C28H43NO10. The summed E-state index contributed by atoms with van der Waals surface area (Å²) in [7, 11) is 1.21. The smallest absolute Gasteiger partial charge is 0.468 e. The zero-order valence-electron chi connectivity index (χ0n) is 24.0. The molecule has 0 saturated carbocycles. The predicted molar refractivity (Wildman–Crippen MR) is 142 cm³/mol. The number of esters is 2. The third-order valence-electron chi connectivity index (χ3n) is 6.16. The Morgan fingerprint density at radius 1 is 0.795 bits per heavy atom. The van der Waals surface area contributed by atoms with Gasteiger partial charge in [0.05, 0.1) is 32.3 Å². The fourth-order valence-corrected chi connectivity index (χ4v) is 3.16. The normalized spacial score (nSPS) is 12.6. The van der Waals surface area contributed by atoms with E-state index in [0.717, 1.165) is 12.8 Å². The lowest BCUT2D eigenvalue weighted by molar-refractivity contribution is -0.157. The van der Waals surface area contributed by atoms with Crippen molar-refractivity contribution in [1.82, 2.24) is 0 Å². The van der Waals surface area contributed by atoms with Crippen LogP contribution < -0.4 is 15.2 Å². The van der Waals surface area contributed by atoms with Crippen molar-refractivity contribution in [2.45, 2.75) is 85.1 Å². The highest BCUT2D eigenvalue weighted by Crippen LogP contribution is 2.31. The van der Waals surface area contributed by atoms with Crippen LogP contribution in [0.1, 0.15) is 78.7 Å². The minimum atomic E-state index is -1.56. The molecule has 220 valence electrons. The number of methoxy groups -OCH3 is 1. The first-order valence-electron chi connectivity index (χ1n) is 13.3. The highest BCUT2D eigenvalue weighted by Gasteiger charge is 2.37. The lowest BCUT2D eigenvalue weighted by Crippen LogP contribution is -2.51. The summed E-state index contributed by atoms with van der Waals surface area (Å²) in [6, 6.07) is 4.36. The van der Waals surface area contributed by atoms with Crippen LogP contribution in [0.5, 0.6) is 11.5 Å². The first-order chi connectivity index (χ1) is 18.4. The Kier molecular flexibility index (Phi) is 14.3. The van der Waals surface area contributed by atoms with E-state index in [4.69, 9.17) is 34.2 Å². The first-order valence-corrected chi connectivity index (χ1v) is 13.3. The molecule has 0 unspecified atom stereocenters. The van der Waals surface area contributed by atoms with E-state index in [9.17, 15) is 19.2 Å². The van der Waals surface area contributed by atoms with E-state index in [0.29, 0.717) is 24.8 Å². The molecule has 0 aliphatic carbocycles. The number of hydrogen-bond donors (Lipinski definition) is 1. The number of unbranched alkanes of at least 4 members (excludes halogenated alkanes) is 2. The Labute approximate surface area is 230 Å². The highest BCUT2D eigenvalue weighted by atomic mass is 16.7. The maximum atomic E-state index is 12.6. The standard InChI is InChI=1S/C28H43NO10/c1-7-10-15-36-25(32)38-21-13-12-20(18-22(21)39-26(33)37-16-11-8-2)19-28(29,24(31)34-6)14-17-35-23(30)27(4,5)9-3/h12-13,18H,7-11,14-17,19,29H2,1-6H3/t28-/m1/s1. The van der Waals surface area contributed by atoms with Crippen molar-refractivity contribution >= 4 is 24.2 Å². The summed E-state index contributed by atoms with van der Waals surface area (Å²) >= 11 is 0. The van der Waals surface area contributed by atoms with Gasteiger partial charge in [0.25, 0.3) is 0 Å². The highest BCUT2D eigenvalue weighted by molar-refractivity contribution is 5.81. The van der Waals surface area contributed by atoms with Gasteiger partial charge in [-0.25, -0.2) is 9.59 Å². The van der Waals surface area contributed by atoms with Gasteiger partial charge < -0.3 is 34.2 Å². The van der Waals surface area contributed by atoms with Crippen LogP contribution >= 0.6 is 0 Å². The van der Waals surface area contributed by atoms with Gasteiger partial charge in [0, 0.05) is 12.8 Å². The molecule has 0 amide bonds. The zero-order chi connectivity index (χ0) is 29.5. The van der Waals surface area contributed by atoms with E-state index in [2.05, 4.69) is 0 Å². The molecule has 0 saturated heterocycles. The molecule has 0 spiro atoms. The van der Waals surface area contributed by atoms with Crippen LogP contribution in [0.15, 0.2) is 18.2 Å². The Balaban J connectivity index is 3.14. The van der Waals surface area contributed by atoms with Crippen LogP contribution in [0.4, 0.5) is 9.59 Å². The quantitative estimate of drug-likeness (QED) is 0.126. The van der Waals surface area contributed by atoms with Crippen molar-refractivity contribution in [3.8, 4) is 11.5 Å². The number of benzene rings is 1. The van der Waals surface area contributed by atoms with Gasteiger partial charge in [-0.05, 0) is 50.8 Å². The van der Waals surface area contributed by atoms with E-state index in [1.54, 1.807) is 19.9 Å². The minimum Gasteiger partial charge on any atom is -0.468 e. The molecule has 1 aromatic rings. The average Bonchev–Trinajstić information content (AvgIpc) is 2.89. The molecule has 1 rings (SSSR count). The third kappa shape index (κ3) is 11.5. The van der Waals surface area contributed by atoms with E-state index in [1.807, 2.05) is 20.8 Å². The van der Waals surface area contributed by atoms with Gasteiger partial charge in [-0.2, -0.15) is 0 Å². The van der Waals surface area contributed by atoms with Crippen molar-refractivity contribution in [2.24, 2.45) is 11.1 Å². The van der Waals surface area contributed by atoms with Crippen LogP contribution in [-0.2, 0) is 35.0 Å². The van der Waals surface area contributed by atoms with Crippen molar-refractivity contribution in [3.63, 3.8) is 0 Å². The SMILES string of the molecule is CCCCOC(=O)Oc1ccc(C[C@](N)(CCOC(=O)C(C)(C)CC)C(=O)OC)cc1OC(=O)OCCCC. The molecule has 0 aromatic heterocycles. The lowest BCUT2D eigenvalue weighted by Gasteiger charge is -2.28. The Morgan fingerprint density at radius 2 is 1.36 bits per heavy atom. The van der Waals surface area contributed by atoms with Crippen LogP contribution in [0.25, 0.3) is 0 Å². The topological polar surface area (TPSA) is 150 Å². The summed E-state index contributed by atoms with van der Waals surface area (Å²) in [6.45, 7) is 9.54. The van der Waals surface area contributed by atoms with Crippen LogP contribution in [0, 0.1) is 5.41 Å². The molecular weight excluding hydrogens is 510 g/mol. The number of carbonyl (C=O) groups is 4. The van der Waals surface area contributed by atoms with E-state index >= 15 is 0 Å². The fourth-order valence-electron chi connectivity index (χ4n) is 3.16. The maximum absolute atomic E-state index is 12.6. The number of carbonyl (C=O) groups excluding carboxylic acids is 4. The summed E-state index contributed by atoms with van der Waals surface area (Å²) in [5.74, 6) is -1.31. The molecule has 1 aromatic carbocycles. The van der Waals surface area contributed by atoms with Crippen LogP contribution in [0.3, 0.4) is 0 Å². The molecule has 2 N–H and O–H groups in total. The molecule has 0 bridgehead atoms. The van der Waals surface area contributed by atoms with Gasteiger partial charge in [-0.3, -0.25) is 9.59 Å². The second kappa shape index (κ2) is 16.6. The second-order valence-electron chi connectivity index (χ2n) is 9.84. The summed E-state index contributed by atoms with van der Waals surface area (Å²) < 4.78 is 30.9. The number of nitrogens with two attached hydrogens (primary N) is 1. The molecule has 39 heavy (non-hydrogen) atoms. The zero-order valence-corrected chi connectivity index (χ0v) is 24.0. The monoisotopic (exact) mass is 553 g/mol. The van der Waals surface area contributed by atoms with Crippen molar-refractivity contribution in [1.29, 1.82) is 0 Å². The molecule has 1 atom stereocenters. The maximum Gasteiger partial charge on any atom is 0.513 e. The van der Waals surface area contributed by atoms with Crippen molar-refractivity contribution in [2.75, 3.05) is 26.9 Å². The summed E-state index contributed by atoms with van der Waals surface area (Å²) in [4.78, 5) is 49.3. The van der Waals surface area contributed by atoms with E-state index in [1.165, 1.54) is 19.2 Å².